The van der Waals surface area contributed by atoms with E-state index in [-0.39, 0.29) is 12.7 Å². The summed E-state index contributed by atoms with van der Waals surface area (Å²) in [6.07, 6.45) is 3.72. The second-order valence-electron chi connectivity index (χ2n) is 5.01. The first-order chi connectivity index (χ1) is 11.2. The minimum atomic E-state index is -0.235. The van der Waals surface area contributed by atoms with Crippen molar-refractivity contribution in [3.05, 3.63) is 65.7 Å². The minimum absolute atomic E-state index is 0.235. The zero-order valence-electron chi connectivity index (χ0n) is 12.7. The monoisotopic (exact) mass is 308 g/mol. The van der Waals surface area contributed by atoms with E-state index < -0.39 is 0 Å². The van der Waals surface area contributed by atoms with Crippen LogP contribution in [0.25, 0.3) is 6.08 Å². The van der Waals surface area contributed by atoms with Gasteiger partial charge in [0.2, 0.25) is 6.79 Å². The van der Waals surface area contributed by atoms with Gasteiger partial charge in [-0.2, -0.15) is 5.10 Å². The van der Waals surface area contributed by atoms with Crippen LogP contribution >= 0.6 is 0 Å². The van der Waals surface area contributed by atoms with E-state index in [2.05, 4.69) is 10.5 Å². The van der Waals surface area contributed by atoms with Crippen LogP contribution < -0.4 is 14.9 Å². The highest BCUT2D eigenvalue weighted by Crippen LogP contribution is 2.32. The summed E-state index contributed by atoms with van der Waals surface area (Å²) in [5.41, 5.74) is 4.76. The van der Waals surface area contributed by atoms with Crippen molar-refractivity contribution in [3.63, 3.8) is 0 Å². The number of nitrogens with one attached hydrogen (secondary N) is 1. The highest BCUT2D eigenvalue weighted by Gasteiger charge is 2.12. The second kappa shape index (κ2) is 6.79. The molecule has 2 aromatic rings. The summed E-state index contributed by atoms with van der Waals surface area (Å²) in [5.74, 6) is 1.25. The summed E-state index contributed by atoms with van der Waals surface area (Å²) >= 11 is 0. The van der Waals surface area contributed by atoms with Gasteiger partial charge < -0.3 is 9.47 Å². The lowest BCUT2D eigenvalue weighted by molar-refractivity contribution is 0.0955. The van der Waals surface area contributed by atoms with Crippen molar-refractivity contribution in [2.75, 3.05) is 6.79 Å². The summed E-state index contributed by atoms with van der Waals surface area (Å²) in [6, 6.07) is 14.7. The Morgan fingerprint density at radius 3 is 2.74 bits per heavy atom. The molecule has 1 aliphatic heterocycles. The van der Waals surface area contributed by atoms with Gasteiger partial charge in [0, 0.05) is 5.56 Å². The molecule has 2 aromatic carbocycles. The second-order valence-corrected chi connectivity index (χ2v) is 5.01. The van der Waals surface area contributed by atoms with Crippen molar-refractivity contribution in [1.29, 1.82) is 0 Å². The molecule has 5 nitrogen and oxygen atoms in total. The number of ether oxygens (including phenoxy) is 2. The van der Waals surface area contributed by atoms with Crippen LogP contribution in [0.3, 0.4) is 0 Å². The lowest BCUT2D eigenvalue weighted by Gasteiger charge is -2.00. The highest BCUT2D eigenvalue weighted by molar-refractivity contribution is 5.99. The van der Waals surface area contributed by atoms with Gasteiger partial charge in [-0.25, -0.2) is 5.43 Å². The van der Waals surface area contributed by atoms with Crippen LogP contribution in [0.4, 0.5) is 0 Å². The Labute approximate surface area is 134 Å². The fourth-order valence-electron chi connectivity index (χ4n) is 2.06. The summed E-state index contributed by atoms with van der Waals surface area (Å²) in [4.78, 5) is 11.9. The smallest absolute Gasteiger partial charge is 0.271 e. The van der Waals surface area contributed by atoms with Crippen LogP contribution in [0, 0.1) is 0 Å². The van der Waals surface area contributed by atoms with E-state index in [1.807, 2.05) is 55.5 Å². The van der Waals surface area contributed by atoms with Crippen molar-refractivity contribution in [2.45, 2.75) is 6.92 Å². The highest BCUT2D eigenvalue weighted by atomic mass is 16.7. The zero-order valence-corrected chi connectivity index (χ0v) is 12.7. The van der Waals surface area contributed by atoms with E-state index in [9.17, 15) is 4.79 Å². The van der Waals surface area contributed by atoms with Gasteiger partial charge in [0.05, 0.1) is 5.71 Å². The third-order valence-corrected chi connectivity index (χ3v) is 3.28. The predicted octanol–water partition coefficient (Wildman–Crippen LogP) is 3.23. The minimum Gasteiger partial charge on any atom is -0.454 e. The lowest BCUT2D eigenvalue weighted by Crippen LogP contribution is -2.18. The number of amides is 1. The Morgan fingerprint density at radius 2 is 1.91 bits per heavy atom. The Kier molecular flexibility index (Phi) is 4.38. The van der Waals surface area contributed by atoms with E-state index in [1.165, 1.54) is 0 Å². The van der Waals surface area contributed by atoms with Crippen LogP contribution in [0.5, 0.6) is 11.5 Å². The van der Waals surface area contributed by atoms with Crippen molar-refractivity contribution in [2.24, 2.45) is 5.10 Å². The Bertz CT molecular complexity index is 767. The summed E-state index contributed by atoms with van der Waals surface area (Å²) in [7, 11) is 0. The topological polar surface area (TPSA) is 59.9 Å². The van der Waals surface area contributed by atoms with E-state index in [4.69, 9.17) is 9.47 Å². The van der Waals surface area contributed by atoms with Crippen molar-refractivity contribution in [3.8, 4) is 11.5 Å². The average Bonchev–Trinajstić information content (AvgIpc) is 3.06. The number of rotatable bonds is 4. The molecule has 0 radical (unpaired) electrons. The van der Waals surface area contributed by atoms with Gasteiger partial charge in [-0.1, -0.05) is 30.3 Å². The van der Waals surface area contributed by atoms with Gasteiger partial charge >= 0.3 is 0 Å². The molecule has 0 saturated carbocycles. The summed E-state index contributed by atoms with van der Waals surface area (Å²) < 4.78 is 10.6. The fraction of sp³-hybridized carbons (Fsp3) is 0.111. The first-order valence-corrected chi connectivity index (χ1v) is 7.20. The summed E-state index contributed by atoms with van der Waals surface area (Å²) in [6.45, 7) is 2.07. The van der Waals surface area contributed by atoms with Gasteiger partial charge in [-0.05, 0) is 42.8 Å². The number of benzene rings is 2. The van der Waals surface area contributed by atoms with Gasteiger partial charge in [-0.15, -0.1) is 0 Å². The molecule has 1 aliphatic rings. The van der Waals surface area contributed by atoms with Gasteiger partial charge in [0.15, 0.2) is 11.5 Å². The van der Waals surface area contributed by atoms with Crippen LogP contribution in [-0.4, -0.2) is 18.4 Å². The quantitative estimate of drug-likeness (QED) is 0.697. The SMILES string of the molecule is CC(/C=C/c1ccc2c(c1)OCO2)=N\NC(=O)c1ccccc1. The number of fused-ring (bicyclic) bond motifs is 1. The number of carbonyl (C=O) groups excluding carboxylic acids is 1. The van der Waals surface area contributed by atoms with E-state index in [0.29, 0.717) is 11.3 Å². The van der Waals surface area contributed by atoms with Crippen molar-refractivity contribution < 1.29 is 14.3 Å². The van der Waals surface area contributed by atoms with Gasteiger partial charge in [-0.3, -0.25) is 4.79 Å². The molecule has 3 rings (SSSR count). The average molecular weight is 308 g/mol. The zero-order chi connectivity index (χ0) is 16.1. The molecule has 5 heteroatoms. The largest absolute Gasteiger partial charge is 0.454 e. The molecule has 23 heavy (non-hydrogen) atoms. The first kappa shape index (κ1) is 14.8. The Morgan fingerprint density at radius 1 is 1.13 bits per heavy atom. The number of nitrogens with zero attached hydrogens (tertiary/aromatic N) is 1. The van der Waals surface area contributed by atoms with Crippen LogP contribution in [0.1, 0.15) is 22.8 Å². The number of allylic oxidation sites excluding steroid dienone is 1. The van der Waals surface area contributed by atoms with Gasteiger partial charge in [0.25, 0.3) is 5.91 Å². The molecule has 116 valence electrons. The number of hydrazone groups is 1. The molecule has 0 spiro atoms. The maximum Gasteiger partial charge on any atom is 0.271 e. The molecule has 0 bridgehead atoms. The number of hydrogen-bond donors (Lipinski definition) is 1. The van der Waals surface area contributed by atoms with Crippen molar-refractivity contribution in [1.82, 2.24) is 5.43 Å². The number of carbonyl (C=O) groups is 1. The third-order valence-electron chi connectivity index (χ3n) is 3.28. The molecule has 0 fully saturated rings. The predicted molar refractivity (Wildman–Crippen MR) is 88.6 cm³/mol. The maximum atomic E-state index is 11.9. The number of hydrogen-bond acceptors (Lipinski definition) is 4. The standard InChI is InChI=1S/C18H16N2O3/c1-13(19-20-18(21)15-5-3-2-4-6-15)7-8-14-9-10-16-17(11-14)23-12-22-16/h2-11H,12H2,1H3,(H,20,21)/b8-7+,19-13+. The molecule has 1 amide bonds. The molecular weight excluding hydrogens is 292 g/mol. The molecule has 0 aliphatic carbocycles. The van der Waals surface area contributed by atoms with Crippen LogP contribution in [-0.2, 0) is 0 Å². The molecule has 1 N–H and O–H groups in total. The Hall–Kier alpha value is -3.08. The molecular formula is C18H16N2O3. The van der Waals surface area contributed by atoms with E-state index >= 15 is 0 Å². The third kappa shape index (κ3) is 3.77. The fourth-order valence-corrected chi connectivity index (χ4v) is 2.06. The molecule has 0 aromatic heterocycles. The maximum absolute atomic E-state index is 11.9. The van der Waals surface area contributed by atoms with Gasteiger partial charge in [0.1, 0.15) is 0 Å². The Balaban J connectivity index is 1.62. The van der Waals surface area contributed by atoms with Crippen LogP contribution in [0.15, 0.2) is 59.7 Å². The lowest BCUT2D eigenvalue weighted by atomic mass is 10.2. The summed E-state index contributed by atoms with van der Waals surface area (Å²) in [5, 5.41) is 4.06. The van der Waals surface area contributed by atoms with Crippen molar-refractivity contribution >= 4 is 17.7 Å². The van der Waals surface area contributed by atoms with Crippen LogP contribution in [0.2, 0.25) is 0 Å². The molecule has 1 heterocycles. The first-order valence-electron chi connectivity index (χ1n) is 7.20. The van der Waals surface area contributed by atoms with E-state index in [0.717, 1.165) is 17.1 Å². The molecule has 0 unspecified atom stereocenters. The normalized spacial score (nSPS) is 13.3. The van der Waals surface area contributed by atoms with E-state index in [1.54, 1.807) is 12.1 Å². The molecule has 0 saturated heterocycles. The molecule has 0 atom stereocenters.